The van der Waals surface area contributed by atoms with Gasteiger partial charge in [-0.1, -0.05) is 79.0 Å². The van der Waals surface area contributed by atoms with Gasteiger partial charge in [-0.25, -0.2) is 0 Å². The van der Waals surface area contributed by atoms with Gasteiger partial charge in [-0.05, 0) is 86.2 Å². The first-order chi connectivity index (χ1) is 13.1. The summed E-state index contributed by atoms with van der Waals surface area (Å²) in [5.74, 6) is 1.09. The zero-order valence-corrected chi connectivity index (χ0v) is 21.8. The third-order valence-corrected chi connectivity index (χ3v) is 7.69. The lowest BCUT2D eigenvalue weighted by Gasteiger charge is -2.43. The molecule has 2 aliphatic rings. The zero-order valence-electron chi connectivity index (χ0n) is 17.0. The molecule has 0 aromatic heterocycles. The maximum absolute atomic E-state index is 6.47. The summed E-state index contributed by atoms with van der Waals surface area (Å²) in [5.41, 5.74) is 2.49. The second-order valence-electron chi connectivity index (χ2n) is 9.17. The van der Waals surface area contributed by atoms with Crippen LogP contribution in [0.2, 0.25) is 0 Å². The van der Waals surface area contributed by atoms with Gasteiger partial charge in [0, 0.05) is 14.4 Å². The van der Waals surface area contributed by atoms with Crippen LogP contribution in [0.3, 0.4) is 0 Å². The average Bonchev–Trinajstić information content (AvgIpc) is 2.92. The first kappa shape index (κ1) is 22.5. The Morgan fingerprint density at radius 3 is 2.39 bits per heavy atom. The monoisotopic (exact) mass is 570 g/mol. The molecule has 1 aromatic rings. The Morgan fingerprint density at radius 2 is 1.75 bits per heavy atom. The van der Waals surface area contributed by atoms with Crippen molar-refractivity contribution in [2.75, 3.05) is 0 Å². The molecule has 152 valence electrons. The van der Waals surface area contributed by atoms with E-state index in [1.807, 2.05) is 4.99 Å². The molecular weight excluding hydrogens is 544 g/mol. The SMILES string of the molecule is CC(C)(C)O[C@H]1CC[C@H]2[C@H](/C=C\c3cc(/C=C\Br)c(Br)cc3Br)C=CC[C@]12C. The van der Waals surface area contributed by atoms with Gasteiger partial charge >= 0.3 is 0 Å². The molecule has 0 radical (unpaired) electrons. The van der Waals surface area contributed by atoms with Crippen molar-refractivity contribution in [2.24, 2.45) is 17.3 Å². The van der Waals surface area contributed by atoms with Crippen molar-refractivity contribution in [1.29, 1.82) is 0 Å². The first-order valence-electron chi connectivity index (χ1n) is 9.92. The van der Waals surface area contributed by atoms with Crippen LogP contribution in [0.1, 0.15) is 58.1 Å². The minimum absolute atomic E-state index is 0.0866. The van der Waals surface area contributed by atoms with Gasteiger partial charge in [0.1, 0.15) is 0 Å². The van der Waals surface area contributed by atoms with Crippen LogP contribution < -0.4 is 0 Å². The van der Waals surface area contributed by atoms with Crippen molar-refractivity contribution in [1.82, 2.24) is 0 Å². The van der Waals surface area contributed by atoms with Crippen LogP contribution in [0.25, 0.3) is 12.2 Å². The number of hydrogen-bond acceptors (Lipinski definition) is 1. The Kier molecular flexibility index (Phi) is 7.17. The second-order valence-corrected chi connectivity index (χ2v) is 11.4. The highest BCUT2D eigenvalue weighted by molar-refractivity contribution is 9.11. The van der Waals surface area contributed by atoms with Crippen LogP contribution in [0.4, 0.5) is 0 Å². The van der Waals surface area contributed by atoms with E-state index in [9.17, 15) is 0 Å². The van der Waals surface area contributed by atoms with Gasteiger partial charge in [0.05, 0.1) is 11.7 Å². The summed E-state index contributed by atoms with van der Waals surface area (Å²) in [6.07, 6.45) is 15.3. The molecule has 2 aliphatic carbocycles. The van der Waals surface area contributed by atoms with E-state index < -0.39 is 0 Å². The fourth-order valence-electron chi connectivity index (χ4n) is 4.70. The van der Waals surface area contributed by atoms with Crippen LogP contribution in [0, 0.1) is 17.3 Å². The first-order valence-corrected chi connectivity index (χ1v) is 12.4. The third-order valence-electron chi connectivity index (χ3n) is 6.06. The minimum atomic E-state index is -0.0866. The maximum Gasteiger partial charge on any atom is 0.0641 e. The molecule has 1 saturated carbocycles. The molecule has 0 unspecified atom stereocenters. The van der Waals surface area contributed by atoms with Crippen molar-refractivity contribution in [2.45, 2.75) is 58.7 Å². The predicted molar refractivity (Wildman–Crippen MR) is 132 cm³/mol. The molecule has 4 atom stereocenters. The van der Waals surface area contributed by atoms with Crippen molar-refractivity contribution in [3.8, 4) is 0 Å². The van der Waals surface area contributed by atoms with Gasteiger partial charge in [-0.3, -0.25) is 0 Å². The van der Waals surface area contributed by atoms with Gasteiger partial charge in [0.25, 0.3) is 0 Å². The molecule has 0 spiro atoms. The van der Waals surface area contributed by atoms with E-state index in [1.54, 1.807) is 0 Å². The van der Waals surface area contributed by atoms with E-state index in [0.717, 1.165) is 27.4 Å². The third kappa shape index (κ3) is 4.94. The number of allylic oxidation sites excluding steroid dienone is 3. The smallest absolute Gasteiger partial charge is 0.0641 e. The maximum atomic E-state index is 6.47. The summed E-state index contributed by atoms with van der Waals surface area (Å²) >= 11 is 10.7. The van der Waals surface area contributed by atoms with Gasteiger partial charge in [0.15, 0.2) is 0 Å². The standard InChI is InChI=1S/C24H29Br3O/c1-23(2,3)28-22-10-9-19-16(6-5-12-24(19,22)4)7-8-17-14-18(11-13-25)21(27)15-20(17)26/h5-8,11,13-16,19,22H,9-10,12H2,1-4H3/b8-7-,13-11-/t16-,19-,22-,24-/m0/s1. The zero-order chi connectivity index (χ0) is 20.5. The number of halogens is 3. The molecule has 0 amide bonds. The van der Waals surface area contributed by atoms with Gasteiger partial charge < -0.3 is 4.74 Å². The molecule has 0 aliphatic heterocycles. The summed E-state index contributed by atoms with van der Waals surface area (Å²) in [7, 11) is 0. The largest absolute Gasteiger partial charge is 0.372 e. The molecular formula is C24H29Br3O. The molecule has 0 saturated heterocycles. The van der Waals surface area contributed by atoms with Gasteiger partial charge in [-0.2, -0.15) is 0 Å². The van der Waals surface area contributed by atoms with Crippen LogP contribution in [-0.4, -0.2) is 11.7 Å². The number of hydrogen-bond donors (Lipinski definition) is 0. The Morgan fingerprint density at radius 1 is 1.07 bits per heavy atom. The Bertz CT molecular complexity index is 803. The van der Waals surface area contributed by atoms with E-state index in [-0.39, 0.29) is 11.0 Å². The lowest BCUT2D eigenvalue weighted by Crippen LogP contribution is -2.41. The van der Waals surface area contributed by atoms with Crippen LogP contribution >= 0.6 is 47.8 Å². The number of ether oxygens (including phenoxy) is 1. The highest BCUT2D eigenvalue weighted by Gasteiger charge is 2.50. The van der Waals surface area contributed by atoms with E-state index in [2.05, 4.69) is 118 Å². The highest BCUT2D eigenvalue weighted by atomic mass is 79.9. The van der Waals surface area contributed by atoms with Crippen LogP contribution in [0.5, 0.6) is 0 Å². The van der Waals surface area contributed by atoms with Gasteiger partial charge in [-0.15, -0.1) is 0 Å². The molecule has 4 heteroatoms. The summed E-state index contributed by atoms with van der Waals surface area (Å²) in [6, 6.07) is 4.32. The quantitative estimate of drug-likeness (QED) is 0.328. The summed E-state index contributed by atoms with van der Waals surface area (Å²) in [5, 5.41) is 0. The highest BCUT2D eigenvalue weighted by Crippen LogP contribution is 2.54. The predicted octanol–water partition coefficient (Wildman–Crippen LogP) is 8.77. The van der Waals surface area contributed by atoms with E-state index in [0.29, 0.717) is 17.9 Å². The van der Waals surface area contributed by atoms with Gasteiger partial charge in [0.2, 0.25) is 0 Å². The second kappa shape index (κ2) is 8.91. The summed E-state index contributed by atoms with van der Waals surface area (Å²) < 4.78 is 8.66. The fourth-order valence-corrected chi connectivity index (χ4v) is 6.24. The Hall–Kier alpha value is -0.160. The van der Waals surface area contributed by atoms with Crippen molar-refractivity contribution in [3.05, 3.63) is 55.4 Å². The molecule has 0 N–H and O–H groups in total. The molecule has 3 rings (SSSR count). The van der Waals surface area contributed by atoms with Crippen molar-refractivity contribution >= 4 is 59.9 Å². The lowest BCUT2D eigenvalue weighted by molar-refractivity contribution is -0.111. The molecule has 1 aromatic carbocycles. The summed E-state index contributed by atoms with van der Waals surface area (Å²) in [6.45, 7) is 8.94. The molecule has 1 fully saturated rings. The van der Waals surface area contributed by atoms with Crippen molar-refractivity contribution < 1.29 is 4.74 Å². The lowest BCUT2D eigenvalue weighted by atomic mass is 9.66. The molecule has 0 heterocycles. The number of benzene rings is 1. The van der Waals surface area contributed by atoms with Crippen LogP contribution in [-0.2, 0) is 4.74 Å². The van der Waals surface area contributed by atoms with Crippen molar-refractivity contribution in [3.63, 3.8) is 0 Å². The molecule has 1 nitrogen and oxygen atoms in total. The topological polar surface area (TPSA) is 9.23 Å². The van der Waals surface area contributed by atoms with E-state index in [4.69, 9.17) is 4.74 Å². The number of rotatable bonds is 4. The van der Waals surface area contributed by atoms with E-state index in [1.165, 1.54) is 12.0 Å². The Balaban J connectivity index is 1.83. The fraction of sp³-hybridized carbons (Fsp3) is 0.500. The molecule has 0 bridgehead atoms. The minimum Gasteiger partial charge on any atom is -0.372 e. The number of fused-ring (bicyclic) bond motifs is 1. The molecule has 28 heavy (non-hydrogen) atoms. The summed E-state index contributed by atoms with van der Waals surface area (Å²) in [4.78, 5) is 1.89. The normalized spacial score (nSPS) is 30.5. The van der Waals surface area contributed by atoms with Crippen LogP contribution in [0.15, 0.2) is 44.3 Å². The average molecular weight is 573 g/mol. The van der Waals surface area contributed by atoms with E-state index >= 15 is 0 Å². The Labute approximate surface area is 195 Å².